The molecule has 2 N–H and O–H groups in total. The number of aromatic nitrogens is 2. The number of benzene rings is 1. The van der Waals surface area contributed by atoms with Crippen LogP contribution >= 0.6 is 0 Å². The number of carboxylic acids is 1. The molecule has 0 radical (unpaired) electrons. The van der Waals surface area contributed by atoms with E-state index in [0.29, 0.717) is 12.2 Å². The number of nitrogens with zero attached hydrogens (tertiary/aromatic N) is 3. The van der Waals surface area contributed by atoms with Crippen molar-refractivity contribution in [3.8, 4) is 5.69 Å². The zero-order valence-corrected chi connectivity index (χ0v) is 13.5. The fourth-order valence-electron chi connectivity index (χ4n) is 3.08. The third kappa shape index (κ3) is 3.30. The lowest BCUT2D eigenvalue weighted by molar-refractivity contribution is -0.124. The van der Waals surface area contributed by atoms with E-state index in [1.807, 2.05) is 6.20 Å². The Bertz CT molecular complexity index is 756. The Morgan fingerprint density at radius 3 is 2.92 bits per heavy atom. The first kappa shape index (κ1) is 16.2. The highest BCUT2D eigenvalue weighted by molar-refractivity contribution is 5.91. The summed E-state index contributed by atoms with van der Waals surface area (Å²) in [7, 11) is 1.66. The molecule has 3 rings (SSSR count). The summed E-state index contributed by atoms with van der Waals surface area (Å²) >= 11 is 0. The number of amides is 1. The van der Waals surface area contributed by atoms with E-state index in [4.69, 9.17) is 0 Å². The molecule has 0 saturated carbocycles. The van der Waals surface area contributed by atoms with Crippen molar-refractivity contribution in [2.45, 2.75) is 13.0 Å². The number of para-hydroxylation sites is 1. The van der Waals surface area contributed by atoms with Gasteiger partial charge >= 0.3 is 5.97 Å². The van der Waals surface area contributed by atoms with Crippen LogP contribution in [0.5, 0.6) is 0 Å². The Morgan fingerprint density at radius 2 is 2.17 bits per heavy atom. The maximum atomic E-state index is 11.7. The van der Waals surface area contributed by atoms with Crippen molar-refractivity contribution in [1.82, 2.24) is 20.0 Å². The van der Waals surface area contributed by atoms with Crippen LogP contribution in [0.1, 0.15) is 22.3 Å². The highest BCUT2D eigenvalue weighted by Crippen LogP contribution is 2.20. The third-order valence-electron chi connectivity index (χ3n) is 4.31. The molecule has 1 saturated heterocycles. The van der Waals surface area contributed by atoms with E-state index in [2.05, 4.69) is 15.3 Å². The molecule has 2 heterocycles. The first-order valence-corrected chi connectivity index (χ1v) is 7.88. The Hall–Kier alpha value is -2.67. The van der Waals surface area contributed by atoms with Gasteiger partial charge < -0.3 is 10.4 Å². The number of rotatable bonds is 5. The molecule has 1 aliphatic heterocycles. The predicted molar refractivity (Wildman–Crippen MR) is 88.0 cm³/mol. The number of carbonyl (C=O) groups is 2. The normalized spacial score (nSPS) is 17.8. The van der Waals surface area contributed by atoms with E-state index >= 15 is 0 Å². The summed E-state index contributed by atoms with van der Waals surface area (Å²) in [6, 6.07) is 6.78. The summed E-state index contributed by atoms with van der Waals surface area (Å²) in [5, 5.41) is 16.3. The molecule has 0 spiro atoms. The fraction of sp³-hybridized carbons (Fsp3) is 0.353. The average molecular weight is 328 g/mol. The Balaban J connectivity index is 1.71. The van der Waals surface area contributed by atoms with Gasteiger partial charge in [-0.15, -0.1) is 0 Å². The van der Waals surface area contributed by atoms with Crippen molar-refractivity contribution in [2.24, 2.45) is 5.92 Å². The van der Waals surface area contributed by atoms with Gasteiger partial charge in [0.15, 0.2) is 0 Å². The lowest BCUT2D eigenvalue weighted by atomic mass is 10.1. The third-order valence-corrected chi connectivity index (χ3v) is 4.31. The average Bonchev–Trinajstić information content (AvgIpc) is 3.24. The van der Waals surface area contributed by atoms with Crippen LogP contribution in [0.4, 0.5) is 0 Å². The lowest BCUT2D eigenvalue weighted by Crippen LogP contribution is -2.29. The lowest BCUT2D eigenvalue weighted by Gasteiger charge is -2.14. The minimum Gasteiger partial charge on any atom is -0.478 e. The van der Waals surface area contributed by atoms with E-state index in [1.165, 1.54) is 0 Å². The molecule has 7 nitrogen and oxygen atoms in total. The molecule has 1 aromatic heterocycles. The van der Waals surface area contributed by atoms with E-state index < -0.39 is 5.97 Å². The molecule has 1 aliphatic rings. The second kappa shape index (κ2) is 6.84. The number of likely N-dealkylation sites (tertiary alicyclic amines) is 1. The summed E-state index contributed by atoms with van der Waals surface area (Å²) in [4.78, 5) is 25.2. The molecule has 1 aromatic carbocycles. The monoisotopic (exact) mass is 328 g/mol. The molecule has 24 heavy (non-hydrogen) atoms. The summed E-state index contributed by atoms with van der Waals surface area (Å²) in [6.45, 7) is 2.30. The molecule has 1 amide bonds. The number of carboxylic acid groups (broad SMARTS) is 1. The van der Waals surface area contributed by atoms with Gasteiger partial charge in [-0.1, -0.05) is 12.1 Å². The predicted octanol–water partition coefficient (Wildman–Crippen LogP) is 1.14. The summed E-state index contributed by atoms with van der Waals surface area (Å²) in [5.41, 5.74) is 1.75. The van der Waals surface area contributed by atoms with Gasteiger partial charge in [0, 0.05) is 31.9 Å². The number of hydrogen-bond acceptors (Lipinski definition) is 4. The number of nitrogens with one attached hydrogen (secondary N) is 1. The molecule has 1 fully saturated rings. The molecule has 2 aromatic rings. The van der Waals surface area contributed by atoms with Crippen LogP contribution in [0, 0.1) is 5.92 Å². The molecule has 126 valence electrons. The minimum absolute atomic E-state index is 0.0396. The van der Waals surface area contributed by atoms with Crippen LogP contribution in [0.2, 0.25) is 0 Å². The van der Waals surface area contributed by atoms with Gasteiger partial charge in [-0.25, -0.2) is 9.48 Å². The SMILES string of the molecule is CNC(=O)C1CCN(Cc2cnn(-c3ccccc3C(=O)O)c2)C1. The van der Waals surface area contributed by atoms with Crippen LogP contribution < -0.4 is 5.32 Å². The van der Waals surface area contributed by atoms with Gasteiger partial charge in [0.25, 0.3) is 0 Å². The first-order chi connectivity index (χ1) is 11.6. The maximum absolute atomic E-state index is 11.7. The van der Waals surface area contributed by atoms with Crippen LogP contribution in [-0.2, 0) is 11.3 Å². The van der Waals surface area contributed by atoms with E-state index in [9.17, 15) is 14.7 Å². The summed E-state index contributed by atoms with van der Waals surface area (Å²) in [6.07, 6.45) is 4.44. The zero-order chi connectivity index (χ0) is 17.1. The van der Waals surface area contributed by atoms with Crippen molar-refractivity contribution >= 4 is 11.9 Å². The largest absolute Gasteiger partial charge is 0.478 e. The smallest absolute Gasteiger partial charge is 0.337 e. The number of aromatic carboxylic acids is 1. The zero-order valence-electron chi connectivity index (χ0n) is 13.5. The number of hydrogen-bond donors (Lipinski definition) is 2. The van der Waals surface area contributed by atoms with Crippen LogP contribution in [0.3, 0.4) is 0 Å². The fourth-order valence-corrected chi connectivity index (χ4v) is 3.08. The van der Waals surface area contributed by atoms with Gasteiger partial charge in [-0.3, -0.25) is 9.69 Å². The second-order valence-corrected chi connectivity index (χ2v) is 5.95. The summed E-state index contributed by atoms with van der Waals surface area (Å²) in [5.74, 6) is -0.850. The summed E-state index contributed by atoms with van der Waals surface area (Å²) < 4.78 is 1.59. The Labute approximate surface area is 139 Å². The van der Waals surface area contributed by atoms with Crippen LogP contribution in [-0.4, -0.2) is 51.8 Å². The Morgan fingerprint density at radius 1 is 1.38 bits per heavy atom. The van der Waals surface area contributed by atoms with E-state index in [1.54, 1.807) is 42.2 Å². The van der Waals surface area contributed by atoms with Gasteiger partial charge in [0.2, 0.25) is 5.91 Å². The molecule has 0 bridgehead atoms. The molecular formula is C17H20N4O3. The van der Waals surface area contributed by atoms with Crippen molar-refractivity contribution in [1.29, 1.82) is 0 Å². The van der Waals surface area contributed by atoms with Gasteiger partial charge in [-0.2, -0.15) is 5.10 Å². The number of carbonyl (C=O) groups excluding carboxylic acids is 1. The van der Waals surface area contributed by atoms with E-state index in [-0.39, 0.29) is 17.4 Å². The van der Waals surface area contributed by atoms with Crippen molar-refractivity contribution < 1.29 is 14.7 Å². The quantitative estimate of drug-likeness (QED) is 0.859. The van der Waals surface area contributed by atoms with E-state index in [0.717, 1.165) is 25.1 Å². The molecular weight excluding hydrogens is 308 g/mol. The molecule has 1 unspecified atom stereocenters. The topological polar surface area (TPSA) is 87.5 Å². The van der Waals surface area contributed by atoms with Crippen molar-refractivity contribution in [2.75, 3.05) is 20.1 Å². The van der Waals surface area contributed by atoms with Gasteiger partial charge in [0.05, 0.1) is 23.4 Å². The van der Waals surface area contributed by atoms with Crippen LogP contribution in [0.15, 0.2) is 36.7 Å². The first-order valence-electron chi connectivity index (χ1n) is 7.88. The molecule has 7 heteroatoms. The van der Waals surface area contributed by atoms with Gasteiger partial charge in [0.1, 0.15) is 0 Å². The highest BCUT2D eigenvalue weighted by Gasteiger charge is 2.27. The second-order valence-electron chi connectivity index (χ2n) is 5.95. The maximum Gasteiger partial charge on any atom is 0.337 e. The molecule has 0 aliphatic carbocycles. The van der Waals surface area contributed by atoms with Crippen molar-refractivity contribution in [3.05, 3.63) is 47.8 Å². The minimum atomic E-state index is -0.976. The Kier molecular flexibility index (Phi) is 4.61. The molecule has 1 atom stereocenters. The standard InChI is InChI=1S/C17H20N4O3/c1-18-16(22)13-6-7-20(11-13)9-12-8-19-21(10-12)15-5-3-2-4-14(15)17(23)24/h2-5,8,10,13H,6-7,9,11H2,1H3,(H,18,22)(H,23,24). The highest BCUT2D eigenvalue weighted by atomic mass is 16.4. The van der Waals surface area contributed by atoms with Crippen molar-refractivity contribution in [3.63, 3.8) is 0 Å². The van der Waals surface area contributed by atoms with Gasteiger partial charge in [-0.05, 0) is 25.1 Å². The van der Waals surface area contributed by atoms with Crippen LogP contribution in [0.25, 0.3) is 5.69 Å².